The van der Waals surface area contributed by atoms with Crippen LogP contribution in [0.15, 0.2) is 54.6 Å². The quantitative estimate of drug-likeness (QED) is 0.709. The zero-order chi connectivity index (χ0) is 17.5. The van der Waals surface area contributed by atoms with Gasteiger partial charge in [-0.15, -0.1) is 24.8 Å². The molecule has 1 aliphatic heterocycles. The predicted octanol–water partition coefficient (Wildman–Crippen LogP) is 3.36. The minimum Gasteiger partial charge on any atom is -0.399 e. The summed E-state index contributed by atoms with van der Waals surface area (Å²) >= 11 is 0. The molecule has 0 amide bonds. The fourth-order valence-electron chi connectivity index (χ4n) is 3.41. The normalized spacial score (nSPS) is 15.2. The number of halogens is 2. The molecule has 150 valence electrons. The number of piperazine rings is 1. The molecule has 0 unspecified atom stereocenters. The summed E-state index contributed by atoms with van der Waals surface area (Å²) in [6, 6.07) is 19.0. The second-order valence-corrected chi connectivity index (χ2v) is 7.09. The Kier molecular flexibility index (Phi) is 10.7. The van der Waals surface area contributed by atoms with E-state index in [1.54, 1.807) is 0 Å². The molecule has 0 spiro atoms. The van der Waals surface area contributed by atoms with Gasteiger partial charge in [0.1, 0.15) is 0 Å². The molecule has 0 aromatic heterocycles. The van der Waals surface area contributed by atoms with Crippen LogP contribution in [-0.2, 0) is 13.1 Å². The molecule has 0 saturated carbocycles. The number of likely N-dealkylation sites (N-methyl/N-ethyl adjacent to an activating group) is 1. The molecule has 0 aliphatic carbocycles. The van der Waals surface area contributed by atoms with Crippen molar-refractivity contribution in [2.24, 2.45) is 0 Å². The minimum atomic E-state index is 0. The second kappa shape index (κ2) is 12.2. The van der Waals surface area contributed by atoms with Crippen molar-refractivity contribution in [3.8, 4) is 0 Å². The number of nitrogen functional groups attached to an aromatic ring is 1. The van der Waals surface area contributed by atoms with Crippen molar-refractivity contribution in [3.05, 3.63) is 65.7 Å². The van der Waals surface area contributed by atoms with Gasteiger partial charge in [0.15, 0.2) is 0 Å². The molecule has 2 aromatic rings. The van der Waals surface area contributed by atoms with Crippen LogP contribution in [0.1, 0.15) is 11.1 Å². The first-order valence-corrected chi connectivity index (χ1v) is 9.20. The Morgan fingerprint density at radius 3 is 2.15 bits per heavy atom. The zero-order valence-electron chi connectivity index (χ0n) is 16.1. The van der Waals surface area contributed by atoms with E-state index in [1.165, 1.54) is 11.1 Å². The molecular weight excluding hydrogens is 379 g/mol. The first-order valence-electron chi connectivity index (χ1n) is 9.20. The summed E-state index contributed by atoms with van der Waals surface area (Å²) in [5.74, 6) is 0. The van der Waals surface area contributed by atoms with Crippen molar-refractivity contribution in [3.63, 3.8) is 0 Å². The number of anilines is 1. The van der Waals surface area contributed by atoms with E-state index < -0.39 is 0 Å². The van der Waals surface area contributed by atoms with Gasteiger partial charge in [-0.2, -0.15) is 0 Å². The summed E-state index contributed by atoms with van der Waals surface area (Å²) in [6.07, 6.45) is 0. The highest BCUT2D eigenvalue weighted by Gasteiger charge is 2.17. The van der Waals surface area contributed by atoms with Gasteiger partial charge < -0.3 is 10.6 Å². The lowest BCUT2D eigenvalue weighted by Crippen LogP contribution is -2.47. The Morgan fingerprint density at radius 2 is 1.48 bits per heavy atom. The zero-order valence-corrected chi connectivity index (χ0v) is 17.7. The first-order chi connectivity index (χ1) is 12.2. The van der Waals surface area contributed by atoms with Crippen LogP contribution in [0.3, 0.4) is 0 Å². The molecule has 0 atom stereocenters. The van der Waals surface area contributed by atoms with E-state index in [4.69, 9.17) is 5.73 Å². The molecule has 1 heterocycles. The van der Waals surface area contributed by atoms with Crippen LogP contribution in [-0.4, -0.2) is 61.0 Å². The molecule has 1 aliphatic rings. The highest BCUT2D eigenvalue weighted by atomic mass is 35.5. The van der Waals surface area contributed by atoms with Gasteiger partial charge in [0.2, 0.25) is 0 Å². The maximum Gasteiger partial charge on any atom is 0.0317 e. The number of nitrogens with zero attached hydrogens (tertiary/aromatic N) is 3. The van der Waals surface area contributed by atoms with Crippen molar-refractivity contribution < 1.29 is 0 Å². The maximum atomic E-state index is 5.88. The number of benzene rings is 2. The summed E-state index contributed by atoms with van der Waals surface area (Å²) in [7, 11) is 2.21. The van der Waals surface area contributed by atoms with E-state index in [0.29, 0.717) is 0 Å². The summed E-state index contributed by atoms with van der Waals surface area (Å²) in [5.41, 5.74) is 9.44. The van der Waals surface area contributed by atoms with Crippen molar-refractivity contribution in [1.82, 2.24) is 14.7 Å². The molecule has 3 rings (SSSR count). The van der Waals surface area contributed by atoms with Crippen molar-refractivity contribution in [2.75, 3.05) is 52.0 Å². The number of hydrogen-bond donors (Lipinski definition) is 1. The van der Waals surface area contributed by atoms with Crippen LogP contribution in [0.2, 0.25) is 0 Å². The molecule has 1 saturated heterocycles. The summed E-state index contributed by atoms with van der Waals surface area (Å²) in [6.45, 7) is 8.87. The lowest BCUT2D eigenvalue weighted by molar-refractivity contribution is 0.117. The molecule has 6 heteroatoms. The highest BCUT2D eigenvalue weighted by molar-refractivity contribution is 5.85. The molecular formula is C21H32Cl2N4. The van der Waals surface area contributed by atoms with E-state index in [1.807, 2.05) is 12.1 Å². The van der Waals surface area contributed by atoms with Gasteiger partial charge >= 0.3 is 0 Å². The van der Waals surface area contributed by atoms with E-state index >= 15 is 0 Å². The third kappa shape index (κ3) is 8.08. The van der Waals surface area contributed by atoms with Crippen LogP contribution in [0.25, 0.3) is 0 Å². The Labute approximate surface area is 176 Å². The van der Waals surface area contributed by atoms with Crippen LogP contribution in [0, 0.1) is 0 Å². The first kappa shape index (κ1) is 23.7. The third-order valence-corrected chi connectivity index (χ3v) is 4.92. The lowest BCUT2D eigenvalue weighted by Gasteiger charge is -2.35. The van der Waals surface area contributed by atoms with Gasteiger partial charge in [-0.3, -0.25) is 9.80 Å². The molecule has 2 aromatic carbocycles. The third-order valence-electron chi connectivity index (χ3n) is 4.92. The summed E-state index contributed by atoms with van der Waals surface area (Å²) in [4.78, 5) is 7.52. The van der Waals surface area contributed by atoms with Gasteiger partial charge in [-0.1, -0.05) is 42.5 Å². The Bertz CT molecular complexity index is 646. The van der Waals surface area contributed by atoms with Gasteiger partial charge in [-0.25, -0.2) is 0 Å². The predicted molar refractivity (Wildman–Crippen MR) is 120 cm³/mol. The smallest absolute Gasteiger partial charge is 0.0317 e. The maximum absolute atomic E-state index is 5.88. The van der Waals surface area contributed by atoms with Crippen LogP contribution >= 0.6 is 24.8 Å². The summed E-state index contributed by atoms with van der Waals surface area (Å²) in [5, 5.41) is 0. The standard InChI is InChI=1S/C21H30N4.2ClH/c1-23(17-19-6-3-2-4-7-19)10-11-24-12-14-25(15-13-24)18-20-8-5-9-21(22)16-20;;/h2-9,16H,10-15,17-18,22H2,1H3;2*1H. The molecule has 27 heavy (non-hydrogen) atoms. The van der Waals surface area contributed by atoms with E-state index in [9.17, 15) is 0 Å². The van der Waals surface area contributed by atoms with E-state index in [-0.39, 0.29) is 24.8 Å². The van der Waals surface area contributed by atoms with Crippen molar-refractivity contribution in [1.29, 1.82) is 0 Å². The number of nitrogens with two attached hydrogens (primary N) is 1. The second-order valence-electron chi connectivity index (χ2n) is 7.09. The number of hydrogen-bond acceptors (Lipinski definition) is 4. The average molecular weight is 411 g/mol. The van der Waals surface area contributed by atoms with Gasteiger partial charge in [0.25, 0.3) is 0 Å². The Hall–Kier alpha value is -1.30. The van der Waals surface area contributed by atoms with E-state index in [2.05, 4.69) is 64.2 Å². The van der Waals surface area contributed by atoms with Crippen LogP contribution in [0.4, 0.5) is 5.69 Å². The van der Waals surface area contributed by atoms with E-state index in [0.717, 1.165) is 58.0 Å². The summed E-state index contributed by atoms with van der Waals surface area (Å²) < 4.78 is 0. The SMILES string of the molecule is CN(CCN1CCN(Cc2cccc(N)c2)CC1)Cc1ccccc1.Cl.Cl. The van der Waals surface area contributed by atoms with Gasteiger partial charge in [-0.05, 0) is 30.3 Å². The molecule has 0 bridgehead atoms. The van der Waals surface area contributed by atoms with Gasteiger partial charge in [0.05, 0.1) is 0 Å². The monoisotopic (exact) mass is 410 g/mol. The van der Waals surface area contributed by atoms with Crippen molar-refractivity contribution in [2.45, 2.75) is 13.1 Å². The topological polar surface area (TPSA) is 35.7 Å². The van der Waals surface area contributed by atoms with Crippen LogP contribution in [0.5, 0.6) is 0 Å². The fourth-order valence-corrected chi connectivity index (χ4v) is 3.41. The van der Waals surface area contributed by atoms with Crippen LogP contribution < -0.4 is 5.73 Å². The Balaban J connectivity index is 0.00000182. The Morgan fingerprint density at radius 1 is 0.852 bits per heavy atom. The molecule has 4 nitrogen and oxygen atoms in total. The van der Waals surface area contributed by atoms with Crippen molar-refractivity contribution >= 4 is 30.5 Å². The lowest BCUT2D eigenvalue weighted by atomic mass is 10.1. The fraction of sp³-hybridized carbons (Fsp3) is 0.429. The minimum absolute atomic E-state index is 0. The average Bonchev–Trinajstić information content (AvgIpc) is 2.62. The molecule has 0 radical (unpaired) electrons. The molecule has 2 N–H and O–H groups in total. The largest absolute Gasteiger partial charge is 0.399 e. The van der Waals surface area contributed by atoms with Gasteiger partial charge in [0, 0.05) is 58.0 Å². The highest BCUT2D eigenvalue weighted by Crippen LogP contribution is 2.12. The molecule has 1 fully saturated rings. The number of rotatable bonds is 7.